The minimum atomic E-state index is -0.684. The van der Waals surface area contributed by atoms with E-state index >= 15 is 0 Å². The molecule has 1 saturated carbocycles. The quantitative estimate of drug-likeness (QED) is 0.737. The maximum atomic E-state index is 14.1. The fourth-order valence-corrected chi connectivity index (χ4v) is 2.84. The van der Waals surface area contributed by atoms with Crippen LogP contribution in [0.4, 0.5) is 4.39 Å². The molecule has 1 aromatic carbocycles. The van der Waals surface area contributed by atoms with E-state index in [-0.39, 0.29) is 6.04 Å². The van der Waals surface area contributed by atoms with Crippen LogP contribution in [-0.4, -0.2) is 23.7 Å². The van der Waals surface area contributed by atoms with E-state index in [2.05, 4.69) is 17.0 Å². The molecular weight excluding hydrogens is 201 g/mol. The van der Waals surface area contributed by atoms with E-state index in [9.17, 15) is 4.39 Å². The Morgan fingerprint density at radius 2 is 1.81 bits per heavy atom. The Balaban J connectivity index is 1.88. The SMILES string of the molecule is FC1CCCN(C2CC2)C1c1ccccc1. The second-order valence-corrected chi connectivity index (χ2v) is 4.98. The minimum Gasteiger partial charge on any atom is -0.291 e. The molecule has 1 saturated heterocycles. The number of piperidine rings is 1. The van der Waals surface area contributed by atoms with Gasteiger partial charge in [0.05, 0.1) is 6.04 Å². The van der Waals surface area contributed by atoms with Crippen molar-refractivity contribution < 1.29 is 4.39 Å². The Bertz CT molecular complexity index is 347. The van der Waals surface area contributed by atoms with Crippen molar-refractivity contribution in [3.05, 3.63) is 35.9 Å². The molecule has 2 heteroatoms. The molecule has 0 spiro atoms. The predicted molar refractivity (Wildman–Crippen MR) is 63.0 cm³/mol. The fourth-order valence-electron chi connectivity index (χ4n) is 2.84. The van der Waals surface area contributed by atoms with Gasteiger partial charge in [-0.25, -0.2) is 4.39 Å². The molecule has 16 heavy (non-hydrogen) atoms. The van der Waals surface area contributed by atoms with Gasteiger partial charge < -0.3 is 0 Å². The number of likely N-dealkylation sites (tertiary alicyclic amines) is 1. The summed E-state index contributed by atoms with van der Waals surface area (Å²) in [5, 5.41) is 0. The van der Waals surface area contributed by atoms with Crippen LogP contribution in [0, 0.1) is 0 Å². The molecule has 1 aliphatic carbocycles. The lowest BCUT2D eigenvalue weighted by Crippen LogP contribution is -2.41. The van der Waals surface area contributed by atoms with E-state index in [1.54, 1.807) is 0 Å². The van der Waals surface area contributed by atoms with E-state index in [1.807, 2.05) is 18.2 Å². The molecule has 0 radical (unpaired) electrons. The topological polar surface area (TPSA) is 3.24 Å². The highest BCUT2D eigenvalue weighted by Crippen LogP contribution is 2.40. The summed E-state index contributed by atoms with van der Waals surface area (Å²) in [5.41, 5.74) is 1.15. The van der Waals surface area contributed by atoms with Crippen molar-refractivity contribution in [1.29, 1.82) is 0 Å². The van der Waals surface area contributed by atoms with Gasteiger partial charge in [0, 0.05) is 6.04 Å². The number of hydrogen-bond acceptors (Lipinski definition) is 1. The molecule has 2 unspecified atom stereocenters. The van der Waals surface area contributed by atoms with Crippen LogP contribution in [0.3, 0.4) is 0 Å². The zero-order valence-corrected chi connectivity index (χ0v) is 9.48. The first-order chi connectivity index (χ1) is 7.86. The van der Waals surface area contributed by atoms with Crippen molar-refractivity contribution in [3.8, 4) is 0 Å². The van der Waals surface area contributed by atoms with Gasteiger partial charge in [-0.2, -0.15) is 0 Å². The summed E-state index contributed by atoms with van der Waals surface area (Å²) in [7, 11) is 0. The molecule has 1 aliphatic heterocycles. The van der Waals surface area contributed by atoms with Gasteiger partial charge in [0.1, 0.15) is 6.17 Å². The van der Waals surface area contributed by atoms with Gasteiger partial charge in [-0.1, -0.05) is 30.3 Å². The second-order valence-electron chi connectivity index (χ2n) is 4.98. The van der Waals surface area contributed by atoms with E-state index in [0.29, 0.717) is 6.04 Å². The molecule has 2 atom stereocenters. The number of halogens is 1. The first-order valence-corrected chi connectivity index (χ1v) is 6.31. The molecule has 2 aliphatic rings. The maximum absolute atomic E-state index is 14.1. The number of nitrogens with zero attached hydrogens (tertiary/aromatic N) is 1. The highest BCUT2D eigenvalue weighted by atomic mass is 19.1. The Hall–Kier alpha value is -0.890. The predicted octanol–water partition coefficient (Wildman–Crippen LogP) is 3.32. The number of hydrogen-bond donors (Lipinski definition) is 0. The van der Waals surface area contributed by atoms with Crippen LogP contribution in [0.2, 0.25) is 0 Å². The minimum absolute atomic E-state index is 0.0162. The standard InChI is InChI=1S/C14H18FN/c15-13-7-4-10-16(12-8-9-12)14(13)11-5-2-1-3-6-11/h1-3,5-6,12-14H,4,7-10H2. The van der Waals surface area contributed by atoms with E-state index in [1.165, 1.54) is 12.8 Å². The number of alkyl halides is 1. The summed E-state index contributed by atoms with van der Waals surface area (Å²) in [5.74, 6) is 0. The van der Waals surface area contributed by atoms with Crippen LogP contribution < -0.4 is 0 Å². The largest absolute Gasteiger partial charge is 0.291 e. The van der Waals surface area contributed by atoms with E-state index in [0.717, 1.165) is 24.9 Å². The summed E-state index contributed by atoms with van der Waals surface area (Å²) < 4.78 is 14.1. The molecule has 0 aromatic heterocycles. The number of rotatable bonds is 2. The van der Waals surface area contributed by atoms with Crippen LogP contribution >= 0.6 is 0 Å². The van der Waals surface area contributed by atoms with Gasteiger partial charge in [-0.05, 0) is 37.8 Å². The molecule has 0 bridgehead atoms. The smallest absolute Gasteiger partial charge is 0.120 e. The highest BCUT2D eigenvalue weighted by molar-refractivity contribution is 5.21. The lowest BCUT2D eigenvalue weighted by atomic mass is 9.93. The Morgan fingerprint density at radius 3 is 2.50 bits per heavy atom. The Kier molecular flexibility index (Phi) is 2.68. The summed E-state index contributed by atoms with van der Waals surface area (Å²) in [6, 6.07) is 10.8. The first-order valence-electron chi connectivity index (χ1n) is 6.31. The zero-order valence-electron chi connectivity index (χ0n) is 9.48. The fraction of sp³-hybridized carbons (Fsp3) is 0.571. The van der Waals surface area contributed by atoms with Gasteiger partial charge in [0.15, 0.2) is 0 Å². The first kappa shape index (κ1) is 10.3. The van der Waals surface area contributed by atoms with Crippen LogP contribution in [0.1, 0.15) is 37.3 Å². The van der Waals surface area contributed by atoms with Crippen molar-refractivity contribution in [2.45, 2.75) is 43.9 Å². The van der Waals surface area contributed by atoms with Crippen LogP contribution in [-0.2, 0) is 0 Å². The second kappa shape index (κ2) is 4.17. The third-order valence-corrected chi connectivity index (χ3v) is 3.75. The molecule has 1 heterocycles. The van der Waals surface area contributed by atoms with Gasteiger partial charge in [0.2, 0.25) is 0 Å². The lowest BCUT2D eigenvalue weighted by Gasteiger charge is -2.38. The Morgan fingerprint density at radius 1 is 1.06 bits per heavy atom. The van der Waals surface area contributed by atoms with Crippen LogP contribution in [0.15, 0.2) is 30.3 Å². The molecule has 0 N–H and O–H groups in total. The van der Waals surface area contributed by atoms with Crippen LogP contribution in [0.25, 0.3) is 0 Å². The average molecular weight is 219 g/mol. The average Bonchev–Trinajstić information content (AvgIpc) is 3.14. The summed E-state index contributed by atoms with van der Waals surface area (Å²) >= 11 is 0. The molecule has 0 amide bonds. The molecule has 1 nitrogen and oxygen atoms in total. The Labute approximate surface area is 96.3 Å². The van der Waals surface area contributed by atoms with E-state index in [4.69, 9.17) is 0 Å². The summed E-state index contributed by atoms with van der Waals surface area (Å²) in [4.78, 5) is 2.39. The van der Waals surface area contributed by atoms with Crippen molar-refractivity contribution >= 4 is 0 Å². The van der Waals surface area contributed by atoms with Gasteiger partial charge >= 0.3 is 0 Å². The summed E-state index contributed by atoms with van der Waals surface area (Å²) in [6.45, 7) is 1.07. The zero-order chi connectivity index (χ0) is 11.0. The van der Waals surface area contributed by atoms with E-state index < -0.39 is 6.17 Å². The van der Waals surface area contributed by atoms with Gasteiger partial charge in [0.25, 0.3) is 0 Å². The molecule has 2 fully saturated rings. The molecular formula is C14H18FN. The monoisotopic (exact) mass is 219 g/mol. The maximum Gasteiger partial charge on any atom is 0.120 e. The third kappa shape index (κ3) is 1.86. The highest BCUT2D eigenvalue weighted by Gasteiger charge is 2.40. The van der Waals surface area contributed by atoms with Gasteiger partial charge in [-0.15, -0.1) is 0 Å². The van der Waals surface area contributed by atoms with Crippen molar-refractivity contribution in [2.24, 2.45) is 0 Å². The van der Waals surface area contributed by atoms with Gasteiger partial charge in [-0.3, -0.25) is 4.90 Å². The third-order valence-electron chi connectivity index (χ3n) is 3.75. The number of benzene rings is 1. The van der Waals surface area contributed by atoms with Crippen molar-refractivity contribution in [2.75, 3.05) is 6.54 Å². The van der Waals surface area contributed by atoms with Crippen molar-refractivity contribution in [1.82, 2.24) is 4.90 Å². The summed E-state index contributed by atoms with van der Waals surface area (Å²) in [6.07, 6.45) is 3.58. The van der Waals surface area contributed by atoms with Crippen LogP contribution in [0.5, 0.6) is 0 Å². The molecule has 1 aromatic rings. The molecule has 3 rings (SSSR count). The van der Waals surface area contributed by atoms with Crippen molar-refractivity contribution in [3.63, 3.8) is 0 Å². The lowest BCUT2D eigenvalue weighted by molar-refractivity contribution is 0.0583. The molecule has 86 valence electrons. The normalized spacial score (nSPS) is 31.6.